The number of ketones is 2. The number of hydrogen-bond acceptors (Lipinski definition) is 4. The van der Waals surface area contributed by atoms with Crippen molar-refractivity contribution in [3.05, 3.63) is 71.8 Å². The Morgan fingerprint density at radius 1 is 1.22 bits per heavy atom. The fourth-order valence-corrected chi connectivity index (χ4v) is 2.25. The topological polar surface area (TPSA) is 80.6 Å². The van der Waals surface area contributed by atoms with Gasteiger partial charge in [0, 0.05) is 25.4 Å². The van der Waals surface area contributed by atoms with Gasteiger partial charge in [-0.2, -0.15) is 0 Å². The van der Waals surface area contributed by atoms with Crippen LogP contribution in [0.25, 0.3) is 0 Å². The normalized spacial score (nSPS) is 10.7. The zero-order valence-corrected chi connectivity index (χ0v) is 12.1. The molecule has 23 heavy (non-hydrogen) atoms. The molecule has 0 bridgehead atoms. The van der Waals surface area contributed by atoms with Crippen molar-refractivity contribution in [2.24, 2.45) is 0 Å². The molecule has 0 atom stereocenters. The Hall–Kier alpha value is -3.09. The molecule has 0 spiro atoms. The number of nitrogens with one attached hydrogen (secondary N) is 1. The molecular weight excluding hydrogens is 299 g/mol. The Morgan fingerprint density at radius 2 is 2.09 bits per heavy atom. The number of carbonyl (C=O) groups excluding carboxylic acids is 2. The molecule has 0 unspecified atom stereocenters. The van der Waals surface area contributed by atoms with Gasteiger partial charge in [-0.15, -0.1) is 5.10 Å². The smallest absolute Gasteiger partial charge is 0.267 e. The van der Waals surface area contributed by atoms with Gasteiger partial charge in [0.1, 0.15) is 12.1 Å². The zero-order valence-electron chi connectivity index (χ0n) is 12.1. The van der Waals surface area contributed by atoms with Gasteiger partial charge >= 0.3 is 0 Å². The van der Waals surface area contributed by atoms with Gasteiger partial charge in [0.2, 0.25) is 11.6 Å². The SMILES string of the molecule is O=C(Cc1ccn(Cc2cccc(F)c2)c1)C(=O)c1nc[nH]n1. The predicted octanol–water partition coefficient (Wildman–Crippen LogP) is 1.79. The summed E-state index contributed by atoms with van der Waals surface area (Å²) in [5.74, 6) is -1.71. The molecular formula is C16H13FN4O2. The maximum absolute atomic E-state index is 13.2. The fraction of sp³-hybridized carbons (Fsp3) is 0.125. The number of benzene rings is 1. The number of halogens is 1. The van der Waals surface area contributed by atoms with E-state index in [1.54, 1.807) is 24.5 Å². The number of H-pyrrole nitrogens is 1. The lowest BCUT2D eigenvalue weighted by atomic mass is 10.1. The predicted molar refractivity (Wildman–Crippen MR) is 79.4 cm³/mol. The number of carbonyl (C=O) groups is 2. The van der Waals surface area contributed by atoms with E-state index in [4.69, 9.17) is 0 Å². The Labute approximate surface area is 131 Å². The second-order valence-electron chi connectivity index (χ2n) is 5.07. The molecule has 2 heterocycles. The van der Waals surface area contributed by atoms with Gasteiger partial charge in [0.05, 0.1) is 0 Å². The first-order valence-electron chi connectivity index (χ1n) is 6.94. The molecule has 0 radical (unpaired) electrons. The van der Waals surface area contributed by atoms with Crippen LogP contribution < -0.4 is 0 Å². The Bertz CT molecular complexity index is 839. The van der Waals surface area contributed by atoms with Gasteiger partial charge in [0.15, 0.2) is 0 Å². The maximum Gasteiger partial charge on any atom is 0.267 e. The third-order valence-electron chi connectivity index (χ3n) is 3.30. The molecule has 0 fully saturated rings. The lowest BCUT2D eigenvalue weighted by Gasteiger charge is -2.03. The lowest BCUT2D eigenvalue weighted by molar-refractivity contribution is -0.114. The van der Waals surface area contributed by atoms with E-state index in [2.05, 4.69) is 15.2 Å². The second-order valence-corrected chi connectivity index (χ2v) is 5.07. The zero-order chi connectivity index (χ0) is 16.2. The molecule has 6 nitrogen and oxygen atoms in total. The van der Waals surface area contributed by atoms with Crippen LogP contribution in [0.2, 0.25) is 0 Å². The number of Topliss-reactive ketones (excluding diaryl/α,β-unsaturated/α-hetero) is 2. The molecule has 7 heteroatoms. The molecule has 0 aliphatic rings. The summed E-state index contributed by atoms with van der Waals surface area (Å²) in [6, 6.07) is 8.06. The van der Waals surface area contributed by atoms with Crippen LogP contribution in [0.5, 0.6) is 0 Å². The molecule has 0 aliphatic carbocycles. The van der Waals surface area contributed by atoms with E-state index in [1.807, 2.05) is 10.6 Å². The van der Waals surface area contributed by atoms with Crippen LogP contribution in [0.3, 0.4) is 0 Å². The number of nitrogens with zero attached hydrogens (tertiary/aromatic N) is 3. The number of rotatable bonds is 6. The largest absolute Gasteiger partial charge is 0.350 e. The molecule has 0 saturated carbocycles. The number of hydrogen-bond donors (Lipinski definition) is 1. The average Bonchev–Trinajstić information content (AvgIpc) is 3.18. The van der Waals surface area contributed by atoms with Crippen molar-refractivity contribution in [1.82, 2.24) is 19.7 Å². The van der Waals surface area contributed by atoms with E-state index in [-0.39, 0.29) is 18.1 Å². The number of aromatic nitrogens is 4. The van der Waals surface area contributed by atoms with E-state index < -0.39 is 11.6 Å². The van der Waals surface area contributed by atoms with Gasteiger partial charge in [-0.1, -0.05) is 12.1 Å². The van der Waals surface area contributed by atoms with Crippen molar-refractivity contribution in [3.8, 4) is 0 Å². The minimum atomic E-state index is -0.718. The number of aromatic amines is 1. The molecule has 0 aliphatic heterocycles. The van der Waals surface area contributed by atoms with E-state index in [0.29, 0.717) is 12.1 Å². The van der Waals surface area contributed by atoms with Crippen LogP contribution >= 0.6 is 0 Å². The molecule has 3 rings (SSSR count). The minimum absolute atomic E-state index is 0.0243. The van der Waals surface area contributed by atoms with Crippen molar-refractivity contribution in [1.29, 1.82) is 0 Å². The summed E-state index contributed by atoms with van der Waals surface area (Å²) in [7, 11) is 0. The highest BCUT2D eigenvalue weighted by Crippen LogP contribution is 2.09. The first kappa shape index (κ1) is 14.8. The van der Waals surface area contributed by atoms with Crippen molar-refractivity contribution in [2.75, 3.05) is 0 Å². The quantitative estimate of drug-likeness (QED) is 0.556. The highest BCUT2D eigenvalue weighted by molar-refractivity contribution is 6.43. The van der Waals surface area contributed by atoms with Gasteiger partial charge < -0.3 is 4.57 Å². The minimum Gasteiger partial charge on any atom is -0.350 e. The molecule has 1 aromatic carbocycles. The maximum atomic E-state index is 13.2. The third-order valence-corrected chi connectivity index (χ3v) is 3.30. The Balaban J connectivity index is 1.65. The van der Waals surface area contributed by atoms with Crippen LogP contribution in [0.15, 0.2) is 49.1 Å². The standard InChI is InChI=1S/C16H13FN4O2/c17-13-3-1-2-11(6-13)8-21-5-4-12(9-21)7-14(22)15(23)16-18-10-19-20-16/h1-6,9-10H,7-8H2,(H,18,19,20). The van der Waals surface area contributed by atoms with E-state index in [1.165, 1.54) is 18.5 Å². The van der Waals surface area contributed by atoms with Crippen molar-refractivity contribution >= 4 is 11.6 Å². The van der Waals surface area contributed by atoms with Crippen LogP contribution in [0.1, 0.15) is 21.7 Å². The summed E-state index contributed by atoms with van der Waals surface area (Å²) in [6.45, 7) is 0.487. The summed E-state index contributed by atoms with van der Waals surface area (Å²) >= 11 is 0. The summed E-state index contributed by atoms with van der Waals surface area (Å²) in [6.07, 6.45) is 4.76. The van der Waals surface area contributed by atoms with Crippen LogP contribution in [0.4, 0.5) is 4.39 Å². The fourth-order valence-electron chi connectivity index (χ4n) is 2.25. The van der Waals surface area contributed by atoms with Gasteiger partial charge in [-0.05, 0) is 29.3 Å². The first-order chi connectivity index (χ1) is 11.1. The summed E-state index contributed by atoms with van der Waals surface area (Å²) in [5.41, 5.74) is 1.52. The molecule has 1 N–H and O–H groups in total. The van der Waals surface area contributed by atoms with Crippen molar-refractivity contribution in [3.63, 3.8) is 0 Å². The molecule has 0 amide bonds. The Morgan fingerprint density at radius 3 is 2.83 bits per heavy atom. The average molecular weight is 312 g/mol. The van der Waals surface area contributed by atoms with Crippen LogP contribution in [-0.2, 0) is 17.8 Å². The van der Waals surface area contributed by atoms with Crippen molar-refractivity contribution < 1.29 is 14.0 Å². The van der Waals surface area contributed by atoms with E-state index >= 15 is 0 Å². The lowest BCUT2D eigenvalue weighted by Crippen LogP contribution is -2.18. The van der Waals surface area contributed by atoms with Gasteiger partial charge in [-0.25, -0.2) is 9.37 Å². The van der Waals surface area contributed by atoms with Crippen LogP contribution in [-0.4, -0.2) is 31.3 Å². The first-order valence-corrected chi connectivity index (χ1v) is 6.94. The van der Waals surface area contributed by atoms with E-state index in [0.717, 1.165) is 5.56 Å². The van der Waals surface area contributed by atoms with Crippen molar-refractivity contribution in [2.45, 2.75) is 13.0 Å². The highest BCUT2D eigenvalue weighted by Gasteiger charge is 2.20. The Kier molecular flexibility index (Phi) is 4.09. The van der Waals surface area contributed by atoms with Gasteiger partial charge in [0.25, 0.3) is 5.78 Å². The summed E-state index contributed by atoms with van der Waals surface area (Å²) < 4.78 is 15.0. The summed E-state index contributed by atoms with van der Waals surface area (Å²) in [5, 5.41) is 6.00. The molecule has 2 aromatic heterocycles. The molecule has 3 aromatic rings. The van der Waals surface area contributed by atoms with Crippen LogP contribution in [0, 0.1) is 5.82 Å². The highest BCUT2D eigenvalue weighted by atomic mass is 19.1. The van der Waals surface area contributed by atoms with E-state index in [9.17, 15) is 14.0 Å². The molecule has 116 valence electrons. The van der Waals surface area contributed by atoms with Gasteiger partial charge in [-0.3, -0.25) is 14.7 Å². The second kappa shape index (κ2) is 6.35. The molecule has 0 saturated heterocycles. The third kappa shape index (κ3) is 3.57. The monoisotopic (exact) mass is 312 g/mol. The summed E-state index contributed by atoms with van der Waals surface area (Å²) in [4.78, 5) is 27.4.